The summed E-state index contributed by atoms with van der Waals surface area (Å²) < 4.78 is 2.26. The average molecular weight is 300 g/mol. The fraction of sp³-hybridized carbons (Fsp3) is 0.529. The lowest BCUT2D eigenvalue weighted by molar-refractivity contribution is 0.0698. The molecule has 5 heteroatoms. The summed E-state index contributed by atoms with van der Waals surface area (Å²) in [5.41, 5.74) is 0.676. The summed E-state index contributed by atoms with van der Waals surface area (Å²) >= 11 is 0. The van der Waals surface area contributed by atoms with Gasteiger partial charge in [0.15, 0.2) is 0 Å². The van der Waals surface area contributed by atoms with Crippen LogP contribution in [0.15, 0.2) is 30.7 Å². The van der Waals surface area contributed by atoms with Crippen molar-refractivity contribution < 1.29 is 4.79 Å². The smallest absolute Gasteiger partial charge is 0.270 e. The molecule has 3 heterocycles. The number of carbonyl (C=O) groups excluding carboxylic acids is 1. The highest BCUT2D eigenvalue weighted by molar-refractivity contribution is 5.92. The summed E-state index contributed by atoms with van der Waals surface area (Å²) in [5, 5.41) is 0. The van der Waals surface area contributed by atoms with Gasteiger partial charge in [-0.25, -0.2) is 4.98 Å². The predicted molar refractivity (Wildman–Crippen MR) is 85.8 cm³/mol. The molecule has 2 aromatic rings. The van der Waals surface area contributed by atoms with E-state index in [9.17, 15) is 4.79 Å². The van der Waals surface area contributed by atoms with Crippen molar-refractivity contribution in [3.05, 3.63) is 42.2 Å². The minimum absolute atomic E-state index is 0.0985. The standard InChI is InChI=1S/C17H24N4O/c1-2-3-10-20-12-9-19-16(20)14-6-5-11-21(13-14)17(22)15-7-4-8-18-15/h4,7-9,12,14,18H,2-3,5-6,10-11,13H2,1H3/t14-/m1/s1. The first-order valence-corrected chi connectivity index (χ1v) is 8.23. The van der Waals surface area contributed by atoms with Crippen LogP contribution in [-0.2, 0) is 6.54 Å². The molecule has 0 unspecified atom stereocenters. The molecule has 1 aliphatic heterocycles. The Kier molecular flexibility index (Phi) is 4.61. The molecule has 1 fully saturated rings. The fourth-order valence-electron chi connectivity index (χ4n) is 3.20. The Morgan fingerprint density at radius 1 is 1.50 bits per heavy atom. The maximum atomic E-state index is 12.5. The summed E-state index contributed by atoms with van der Waals surface area (Å²) in [6, 6.07) is 3.71. The number of nitrogens with zero attached hydrogens (tertiary/aromatic N) is 3. The van der Waals surface area contributed by atoms with Gasteiger partial charge in [0.1, 0.15) is 11.5 Å². The molecule has 1 saturated heterocycles. The largest absolute Gasteiger partial charge is 0.357 e. The zero-order valence-corrected chi connectivity index (χ0v) is 13.2. The summed E-state index contributed by atoms with van der Waals surface area (Å²) in [6.07, 6.45) is 10.2. The van der Waals surface area contributed by atoms with Crippen LogP contribution in [0, 0.1) is 0 Å². The maximum Gasteiger partial charge on any atom is 0.270 e. The molecule has 1 aliphatic rings. The summed E-state index contributed by atoms with van der Waals surface area (Å²) in [4.78, 5) is 22.0. The second-order valence-corrected chi connectivity index (χ2v) is 6.01. The highest BCUT2D eigenvalue weighted by Crippen LogP contribution is 2.26. The Hall–Kier alpha value is -2.04. The van der Waals surface area contributed by atoms with Crippen molar-refractivity contribution in [1.29, 1.82) is 0 Å². The molecule has 0 saturated carbocycles. The van der Waals surface area contributed by atoms with Gasteiger partial charge >= 0.3 is 0 Å². The quantitative estimate of drug-likeness (QED) is 0.922. The third-order valence-corrected chi connectivity index (χ3v) is 4.40. The molecule has 22 heavy (non-hydrogen) atoms. The topological polar surface area (TPSA) is 53.9 Å². The van der Waals surface area contributed by atoms with E-state index in [1.54, 1.807) is 6.20 Å². The van der Waals surface area contributed by atoms with Crippen molar-refractivity contribution in [2.24, 2.45) is 0 Å². The van der Waals surface area contributed by atoms with Crippen LogP contribution in [0.1, 0.15) is 54.8 Å². The normalized spacial score (nSPS) is 18.6. The van der Waals surface area contributed by atoms with E-state index in [1.165, 1.54) is 12.8 Å². The van der Waals surface area contributed by atoms with Crippen LogP contribution in [0.4, 0.5) is 0 Å². The average Bonchev–Trinajstić information content (AvgIpc) is 3.23. The van der Waals surface area contributed by atoms with Gasteiger partial charge in [0, 0.05) is 44.1 Å². The Balaban J connectivity index is 1.70. The van der Waals surface area contributed by atoms with Crippen LogP contribution >= 0.6 is 0 Å². The Morgan fingerprint density at radius 2 is 2.41 bits per heavy atom. The molecule has 2 aromatic heterocycles. The molecule has 0 aliphatic carbocycles. The van der Waals surface area contributed by atoms with E-state index in [1.807, 2.05) is 23.2 Å². The molecule has 0 spiro atoms. The van der Waals surface area contributed by atoms with Crippen LogP contribution in [0.3, 0.4) is 0 Å². The number of piperidine rings is 1. The van der Waals surface area contributed by atoms with E-state index in [2.05, 4.69) is 27.7 Å². The number of hydrogen-bond acceptors (Lipinski definition) is 2. The predicted octanol–water partition coefficient (Wildman–Crippen LogP) is 3.03. The van der Waals surface area contributed by atoms with Gasteiger partial charge < -0.3 is 14.5 Å². The summed E-state index contributed by atoms with van der Waals surface area (Å²) in [7, 11) is 0. The van der Waals surface area contributed by atoms with Gasteiger partial charge in [0.25, 0.3) is 5.91 Å². The fourth-order valence-corrected chi connectivity index (χ4v) is 3.20. The van der Waals surface area contributed by atoms with Crippen LogP contribution < -0.4 is 0 Å². The van der Waals surface area contributed by atoms with E-state index in [0.29, 0.717) is 11.6 Å². The van der Waals surface area contributed by atoms with Gasteiger partial charge in [-0.05, 0) is 31.4 Å². The van der Waals surface area contributed by atoms with Crippen LogP contribution in [-0.4, -0.2) is 38.4 Å². The highest BCUT2D eigenvalue weighted by Gasteiger charge is 2.28. The molecule has 0 aromatic carbocycles. The first kappa shape index (κ1) is 14.9. The van der Waals surface area contributed by atoms with E-state index in [4.69, 9.17) is 0 Å². The third kappa shape index (κ3) is 3.08. The molecular formula is C17H24N4O. The van der Waals surface area contributed by atoms with Crippen molar-refractivity contribution in [2.45, 2.75) is 45.1 Å². The van der Waals surface area contributed by atoms with E-state index in [0.717, 1.165) is 38.3 Å². The van der Waals surface area contributed by atoms with Crippen LogP contribution in [0.25, 0.3) is 0 Å². The number of unbranched alkanes of at least 4 members (excludes halogenated alkanes) is 1. The molecule has 0 radical (unpaired) electrons. The number of aromatic nitrogens is 3. The minimum Gasteiger partial charge on any atom is -0.357 e. The SMILES string of the molecule is CCCCn1ccnc1[C@@H]1CCCN(C(=O)c2ccc[nH]2)C1. The lowest BCUT2D eigenvalue weighted by Gasteiger charge is -2.32. The number of hydrogen-bond donors (Lipinski definition) is 1. The van der Waals surface area contributed by atoms with Crippen molar-refractivity contribution in [3.63, 3.8) is 0 Å². The van der Waals surface area contributed by atoms with Crippen molar-refractivity contribution >= 4 is 5.91 Å². The number of aromatic amines is 1. The number of rotatable bonds is 5. The number of aryl methyl sites for hydroxylation is 1. The second kappa shape index (κ2) is 6.81. The lowest BCUT2D eigenvalue weighted by atomic mass is 9.96. The van der Waals surface area contributed by atoms with Crippen LogP contribution in [0.5, 0.6) is 0 Å². The monoisotopic (exact) mass is 300 g/mol. The van der Waals surface area contributed by atoms with Gasteiger partial charge in [0.2, 0.25) is 0 Å². The van der Waals surface area contributed by atoms with Gasteiger partial charge in [0.05, 0.1) is 0 Å². The van der Waals surface area contributed by atoms with Gasteiger partial charge in [-0.2, -0.15) is 0 Å². The molecule has 1 atom stereocenters. The molecular weight excluding hydrogens is 276 g/mol. The van der Waals surface area contributed by atoms with Gasteiger partial charge in [-0.1, -0.05) is 13.3 Å². The van der Waals surface area contributed by atoms with Crippen molar-refractivity contribution in [1.82, 2.24) is 19.4 Å². The number of H-pyrrole nitrogens is 1. The highest BCUT2D eigenvalue weighted by atomic mass is 16.2. The zero-order valence-electron chi connectivity index (χ0n) is 13.2. The van der Waals surface area contributed by atoms with Gasteiger partial charge in [-0.15, -0.1) is 0 Å². The Labute approximate surface area is 131 Å². The van der Waals surface area contributed by atoms with Crippen molar-refractivity contribution in [3.8, 4) is 0 Å². The van der Waals surface area contributed by atoms with Gasteiger partial charge in [-0.3, -0.25) is 4.79 Å². The first-order valence-electron chi connectivity index (χ1n) is 8.23. The summed E-state index contributed by atoms with van der Waals surface area (Å²) in [5.74, 6) is 1.58. The zero-order chi connectivity index (χ0) is 15.4. The number of likely N-dealkylation sites (tertiary alicyclic amines) is 1. The molecule has 1 amide bonds. The molecule has 118 valence electrons. The molecule has 3 rings (SSSR count). The molecule has 1 N–H and O–H groups in total. The Bertz CT molecular complexity index is 602. The lowest BCUT2D eigenvalue weighted by Crippen LogP contribution is -2.40. The van der Waals surface area contributed by atoms with E-state index in [-0.39, 0.29) is 5.91 Å². The number of nitrogens with one attached hydrogen (secondary N) is 1. The van der Waals surface area contributed by atoms with E-state index < -0.39 is 0 Å². The molecule has 0 bridgehead atoms. The molecule has 5 nitrogen and oxygen atoms in total. The minimum atomic E-state index is 0.0985. The van der Waals surface area contributed by atoms with E-state index >= 15 is 0 Å². The summed E-state index contributed by atoms with van der Waals surface area (Å²) in [6.45, 7) is 4.83. The second-order valence-electron chi connectivity index (χ2n) is 6.01. The Morgan fingerprint density at radius 3 is 3.18 bits per heavy atom. The number of carbonyl (C=O) groups is 1. The van der Waals surface area contributed by atoms with Crippen molar-refractivity contribution in [2.75, 3.05) is 13.1 Å². The first-order chi connectivity index (χ1) is 10.8. The van der Waals surface area contributed by atoms with Crippen LogP contribution in [0.2, 0.25) is 0 Å². The number of imidazole rings is 1. The number of amides is 1. The maximum absolute atomic E-state index is 12.5. The third-order valence-electron chi connectivity index (χ3n) is 4.40.